The van der Waals surface area contributed by atoms with Gasteiger partial charge in [0.15, 0.2) is 0 Å². The fourth-order valence-electron chi connectivity index (χ4n) is 2.44. The Bertz CT molecular complexity index is 385. The van der Waals surface area contributed by atoms with Gasteiger partial charge in [0, 0.05) is 13.1 Å². The van der Waals surface area contributed by atoms with Crippen LogP contribution in [0, 0.1) is 5.92 Å². The van der Waals surface area contributed by atoms with E-state index in [-0.39, 0.29) is 11.8 Å². The lowest BCUT2D eigenvalue weighted by atomic mass is 10.0. The van der Waals surface area contributed by atoms with Gasteiger partial charge in [0.2, 0.25) is 15.9 Å². The number of sulfonamides is 1. The molecule has 0 aromatic carbocycles. The van der Waals surface area contributed by atoms with Crippen LogP contribution in [0.4, 0.5) is 0 Å². The molecule has 0 bridgehead atoms. The van der Waals surface area contributed by atoms with Gasteiger partial charge in [0.05, 0.1) is 6.26 Å². The second kappa shape index (κ2) is 7.24. The topological polar surface area (TPSA) is 66.5 Å². The Balaban J connectivity index is 2.74. The maximum absolute atomic E-state index is 12.5. The molecule has 5 nitrogen and oxygen atoms in total. The lowest BCUT2D eigenvalue weighted by molar-refractivity contribution is -0.133. The van der Waals surface area contributed by atoms with E-state index in [1.165, 1.54) is 0 Å². The molecule has 1 aliphatic rings. The maximum Gasteiger partial charge on any atom is 0.240 e. The summed E-state index contributed by atoms with van der Waals surface area (Å²) in [6, 6.07) is -0.618. The molecule has 0 aromatic heterocycles. The number of amides is 1. The summed E-state index contributed by atoms with van der Waals surface area (Å²) >= 11 is 0. The highest BCUT2D eigenvalue weighted by atomic mass is 32.2. The summed E-state index contributed by atoms with van der Waals surface area (Å²) in [5.41, 5.74) is 0. The van der Waals surface area contributed by atoms with Gasteiger partial charge in [-0.3, -0.25) is 4.79 Å². The van der Waals surface area contributed by atoms with Crippen LogP contribution in [0.3, 0.4) is 0 Å². The van der Waals surface area contributed by atoms with E-state index in [1.54, 1.807) is 0 Å². The van der Waals surface area contributed by atoms with Gasteiger partial charge in [0.1, 0.15) is 6.04 Å². The molecule has 1 saturated heterocycles. The predicted molar refractivity (Wildman–Crippen MR) is 76.3 cm³/mol. The van der Waals surface area contributed by atoms with Gasteiger partial charge in [-0.1, -0.05) is 26.7 Å². The number of nitrogens with zero attached hydrogens (tertiary/aromatic N) is 1. The summed E-state index contributed by atoms with van der Waals surface area (Å²) in [5, 5.41) is 0. The second-order valence-corrected chi connectivity index (χ2v) is 7.59. The lowest BCUT2D eigenvalue weighted by Gasteiger charge is -2.27. The molecular weight excluding hydrogens is 264 g/mol. The summed E-state index contributed by atoms with van der Waals surface area (Å²) in [6.07, 6.45) is 5.98. The molecule has 0 spiro atoms. The molecule has 0 unspecified atom stereocenters. The first kappa shape index (κ1) is 16.4. The normalized spacial score (nSPS) is 19.3. The van der Waals surface area contributed by atoms with E-state index in [1.807, 2.05) is 18.7 Å². The molecule has 0 aliphatic carbocycles. The standard InChI is InChI=1S/C13H26N2O3S/c1-11(2)10-12(14-19(3,17)18)13(16)15-8-6-4-5-7-9-15/h11-12,14H,4-10H2,1-3H3/t12-/m1/s1. The number of rotatable bonds is 5. The molecule has 0 aromatic rings. The van der Waals surface area contributed by atoms with E-state index in [0.29, 0.717) is 6.42 Å². The van der Waals surface area contributed by atoms with Crippen molar-refractivity contribution in [2.45, 2.75) is 52.0 Å². The molecule has 1 N–H and O–H groups in total. The van der Waals surface area contributed by atoms with Gasteiger partial charge in [-0.05, 0) is 25.2 Å². The maximum atomic E-state index is 12.5. The quantitative estimate of drug-likeness (QED) is 0.831. The van der Waals surface area contributed by atoms with Gasteiger partial charge in [-0.2, -0.15) is 0 Å². The molecule has 1 amide bonds. The molecule has 0 saturated carbocycles. The first-order chi connectivity index (χ1) is 8.79. The molecule has 1 fully saturated rings. The number of likely N-dealkylation sites (tertiary alicyclic amines) is 1. The van der Waals surface area contributed by atoms with E-state index in [9.17, 15) is 13.2 Å². The van der Waals surface area contributed by atoms with E-state index in [4.69, 9.17) is 0 Å². The second-order valence-electron chi connectivity index (χ2n) is 5.81. The zero-order chi connectivity index (χ0) is 14.5. The molecule has 0 radical (unpaired) electrons. The first-order valence-corrected chi connectivity index (χ1v) is 8.95. The van der Waals surface area contributed by atoms with Gasteiger partial charge >= 0.3 is 0 Å². The van der Waals surface area contributed by atoms with Crippen molar-refractivity contribution in [3.63, 3.8) is 0 Å². The van der Waals surface area contributed by atoms with Crippen LogP contribution in [0.25, 0.3) is 0 Å². The predicted octanol–water partition coefficient (Wildman–Crippen LogP) is 1.35. The van der Waals surface area contributed by atoms with Crippen LogP contribution in [0.2, 0.25) is 0 Å². The Morgan fingerprint density at radius 2 is 1.68 bits per heavy atom. The fourth-order valence-corrected chi connectivity index (χ4v) is 3.15. The Morgan fingerprint density at radius 3 is 2.11 bits per heavy atom. The largest absolute Gasteiger partial charge is 0.341 e. The third-order valence-electron chi connectivity index (χ3n) is 3.28. The Kier molecular flexibility index (Phi) is 6.26. The first-order valence-electron chi connectivity index (χ1n) is 7.05. The van der Waals surface area contributed by atoms with Crippen molar-refractivity contribution >= 4 is 15.9 Å². The number of hydrogen-bond acceptors (Lipinski definition) is 3. The Morgan fingerprint density at radius 1 is 1.16 bits per heavy atom. The number of hydrogen-bond donors (Lipinski definition) is 1. The van der Waals surface area contributed by atoms with Crippen LogP contribution in [0.15, 0.2) is 0 Å². The summed E-state index contributed by atoms with van der Waals surface area (Å²) < 4.78 is 25.3. The Hall–Kier alpha value is -0.620. The number of carbonyl (C=O) groups is 1. The van der Waals surface area contributed by atoms with Crippen molar-refractivity contribution in [2.75, 3.05) is 19.3 Å². The number of nitrogens with one attached hydrogen (secondary N) is 1. The van der Waals surface area contributed by atoms with Crippen molar-refractivity contribution in [3.8, 4) is 0 Å². The van der Waals surface area contributed by atoms with Crippen molar-refractivity contribution in [3.05, 3.63) is 0 Å². The smallest absolute Gasteiger partial charge is 0.240 e. The average molecular weight is 290 g/mol. The van der Waals surface area contributed by atoms with Crippen LogP contribution in [-0.2, 0) is 14.8 Å². The van der Waals surface area contributed by atoms with Gasteiger partial charge in [-0.25, -0.2) is 13.1 Å². The van der Waals surface area contributed by atoms with E-state index in [2.05, 4.69) is 4.72 Å². The lowest BCUT2D eigenvalue weighted by Crippen LogP contribution is -2.49. The highest BCUT2D eigenvalue weighted by molar-refractivity contribution is 7.88. The van der Waals surface area contributed by atoms with E-state index < -0.39 is 16.1 Å². The minimum Gasteiger partial charge on any atom is -0.341 e. The van der Waals surface area contributed by atoms with Crippen molar-refractivity contribution in [1.29, 1.82) is 0 Å². The zero-order valence-electron chi connectivity index (χ0n) is 12.2. The van der Waals surface area contributed by atoms with Crippen LogP contribution in [0.1, 0.15) is 46.0 Å². The van der Waals surface area contributed by atoms with Gasteiger partial charge < -0.3 is 4.90 Å². The number of carbonyl (C=O) groups excluding carboxylic acids is 1. The van der Waals surface area contributed by atoms with Gasteiger partial charge in [0.25, 0.3) is 0 Å². The summed E-state index contributed by atoms with van der Waals surface area (Å²) in [5.74, 6) is 0.205. The molecule has 1 aliphatic heterocycles. The SMILES string of the molecule is CC(C)C[C@@H](NS(C)(=O)=O)C(=O)N1CCCCCC1. The highest BCUT2D eigenvalue weighted by Gasteiger charge is 2.27. The van der Waals surface area contributed by atoms with Crippen LogP contribution >= 0.6 is 0 Å². The third kappa shape index (κ3) is 6.38. The van der Waals surface area contributed by atoms with Crippen LogP contribution in [0.5, 0.6) is 0 Å². The molecule has 112 valence electrons. The van der Waals surface area contributed by atoms with Crippen LogP contribution < -0.4 is 4.72 Å². The minimum absolute atomic E-state index is 0.0685. The van der Waals surface area contributed by atoms with E-state index in [0.717, 1.165) is 45.0 Å². The Labute approximate surface area is 116 Å². The summed E-state index contributed by atoms with van der Waals surface area (Å²) in [6.45, 7) is 5.48. The minimum atomic E-state index is -3.36. The molecule has 1 heterocycles. The highest BCUT2D eigenvalue weighted by Crippen LogP contribution is 2.14. The van der Waals surface area contributed by atoms with Crippen LogP contribution in [-0.4, -0.2) is 44.6 Å². The molecule has 1 atom stereocenters. The fraction of sp³-hybridized carbons (Fsp3) is 0.923. The summed E-state index contributed by atoms with van der Waals surface area (Å²) in [4.78, 5) is 14.3. The van der Waals surface area contributed by atoms with Crippen molar-refractivity contribution in [2.24, 2.45) is 5.92 Å². The molecule has 19 heavy (non-hydrogen) atoms. The monoisotopic (exact) mass is 290 g/mol. The van der Waals surface area contributed by atoms with E-state index >= 15 is 0 Å². The molecule has 6 heteroatoms. The van der Waals surface area contributed by atoms with Crippen molar-refractivity contribution < 1.29 is 13.2 Å². The molecule has 1 rings (SSSR count). The van der Waals surface area contributed by atoms with Crippen molar-refractivity contribution in [1.82, 2.24) is 9.62 Å². The third-order valence-corrected chi connectivity index (χ3v) is 3.99. The average Bonchev–Trinajstić information content (AvgIpc) is 2.53. The zero-order valence-corrected chi connectivity index (χ0v) is 13.0. The molecular formula is C13H26N2O3S. The van der Waals surface area contributed by atoms with Gasteiger partial charge in [-0.15, -0.1) is 0 Å². The summed E-state index contributed by atoms with van der Waals surface area (Å²) in [7, 11) is -3.36.